The lowest BCUT2D eigenvalue weighted by Crippen LogP contribution is -2.53. The Labute approximate surface area is 198 Å². The molecular weight excluding hydrogens is 434 g/mol. The summed E-state index contributed by atoms with van der Waals surface area (Å²) in [6.07, 6.45) is 3.73. The van der Waals surface area contributed by atoms with E-state index in [1.807, 2.05) is 62.4 Å². The predicted octanol–water partition coefficient (Wildman–Crippen LogP) is 4.81. The lowest BCUT2D eigenvalue weighted by Gasteiger charge is -2.32. The molecule has 2 atom stereocenters. The van der Waals surface area contributed by atoms with Crippen molar-refractivity contribution >= 4 is 23.2 Å². The summed E-state index contributed by atoms with van der Waals surface area (Å²) in [6, 6.07) is 15.1. The third-order valence-electron chi connectivity index (χ3n) is 5.88. The highest BCUT2D eigenvalue weighted by atomic mass is 32.1. The molecular formula is C26H29N3O3S. The van der Waals surface area contributed by atoms with Gasteiger partial charge < -0.3 is 15.4 Å². The minimum absolute atomic E-state index is 0.0977. The van der Waals surface area contributed by atoms with Crippen LogP contribution >= 0.6 is 11.3 Å². The van der Waals surface area contributed by atoms with Crippen molar-refractivity contribution < 1.29 is 14.3 Å². The topological polar surface area (TPSA) is 80.3 Å². The van der Waals surface area contributed by atoms with Gasteiger partial charge in [-0.05, 0) is 51.0 Å². The molecule has 4 rings (SSSR count). The molecule has 2 unspecified atom stereocenters. The Morgan fingerprint density at radius 3 is 2.12 bits per heavy atom. The van der Waals surface area contributed by atoms with E-state index in [4.69, 9.17) is 4.74 Å². The number of hydrogen-bond acceptors (Lipinski definition) is 5. The van der Waals surface area contributed by atoms with E-state index in [0.29, 0.717) is 17.9 Å². The molecule has 7 heteroatoms. The fourth-order valence-corrected chi connectivity index (χ4v) is 4.62. The molecule has 2 amide bonds. The molecule has 172 valence electrons. The van der Waals surface area contributed by atoms with Crippen molar-refractivity contribution in [3.63, 3.8) is 0 Å². The summed E-state index contributed by atoms with van der Waals surface area (Å²) in [6.45, 7) is 4.34. The second kappa shape index (κ2) is 10.6. The molecule has 0 saturated heterocycles. The smallest absolute Gasteiger partial charge is 0.271 e. The number of nitrogens with one attached hydrogen (secondary N) is 2. The first-order chi connectivity index (χ1) is 16.0. The fourth-order valence-electron chi connectivity index (χ4n) is 3.94. The monoisotopic (exact) mass is 463 g/mol. The Morgan fingerprint density at radius 2 is 1.48 bits per heavy atom. The molecule has 0 aliphatic heterocycles. The molecule has 0 bridgehead atoms. The molecule has 1 fully saturated rings. The van der Waals surface area contributed by atoms with E-state index in [-0.39, 0.29) is 23.9 Å². The zero-order valence-electron chi connectivity index (χ0n) is 19.0. The minimum Gasteiger partial charge on any atom is -0.486 e. The Hall–Kier alpha value is -3.19. The number of amides is 2. The first-order valence-corrected chi connectivity index (χ1v) is 12.2. The van der Waals surface area contributed by atoms with Crippen LogP contribution in [0.15, 0.2) is 53.9 Å². The first kappa shape index (κ1) is 23.0. The molecule has 1 saturated carbocycles. The van der Waals surface area contributed by atoms with E-state index in [9.17, 15) is 9.59 Å². The number of aryl methyl sites for hydroxylation is 2. The third kappa shape index (κ3) is 6.20. The molecule has 1 aliphatic carbocycles. The van der Waals surface area contributed by atoms with Crippen molar-refractivity contribution in [2.75, 3.05) is 0 Å². The Morgan fingerprint density at radius 1 is 0.909 bits per heavy atom. The van der Waals surface area contributed by atoms with E-state index < -0.39 is 0 Å². The van der Waals surface area contributed by atoms with Gasteiger partial charge in [0, 0.05) is 23.0 Å². The number of aromatic nitrogens is 1. The van der Waals surface area contributed by atoms with Crippen LogP contribution in [0.4, 0.5) is 0 Å². The summed E-state index contributed by atoms with van der Waals surface area (Å²) < 4.78 is 5.77. The number of carbonyl (C=O) groups excluding carboxylic acids is 2. The van der Waals surface area contributed by atoms with Gasteiger partial charge in [0.25, 0.3) is 11.8 Å². The van der Waals surface area contributed by atoms with Gasteiger partial charge in [0.05, 0.1) is 0 Å². The van der Waals surface area contributed by atoms with Crippen LogP contribution in [0.3, 0.4) is 0 Å². The molecule has 0 radical (unpaired) electrons. The van der Waals surface area contributed by atoms with Gasteiger partial charge in [-0.15, -0.1) is 11.3 Å². The molecule has 1 aromatic heterocycles. The molecule has 1 heterocycles. The number of nitrogens with zero attached hydrogens (tertiary/aromatic N) is 1. The Kier molecular flexibility index (Phi) is 7.40. The lowest BCUT2D eigenvalue weighted by molar-refractivity contribution is 0.0860. The summed E-state index contributed by atoms with van der Waals surface area (Å²) in [7, 11) is 0. The maximum absolute atomic E-state index is 12.9. The van der Waals surface area contributed by atoms with Crippen molar-refractivity contribution in [3.05, 3.63) is 81.3 Å². The summed E-state index contributed by atoms with van der Waals surface area (Å²) in [4.78, 5) is 30.0. The molecule has 33 heavy (non-hydrogen) atoms. The number of hydrogen-bond donors (Lipinski definition) is 2. The highest BCUT2D eigenvalue weighted by molar-refractivity contribution is 7.09. The first-order valence-electron chi connectivity index (χ1n) is 11.3. The number of carbonyl (C=O) groups is 2. The number of benzene rings is 2. The van der Waals surface area contributed by atoms with Crippen molar-refractivity contribution in [2.24, 2.45) is 0 Å². The van der Waals surface area contributed by atoms with Gasteiger partial charge in [-0.2, -0.15) is 0 Å². The summed E-state index contributed by atoms with van der Waals surface area (Å²) >= 11 is 1.41. The molecule has 2 N–H and O–H groups in total. The minimum atomic E-state index is -0.214. The molecule has 3 aromatic rings. The van der Waals surface area contributed by atoms with Gasteiger partial charge in [0.1, 0.15) is 23.1 Å². The SMILES string of the molecule is Cc1ccc(OCc2nc(C(=O)NC3CCCCC3NC(=O)c3ccc(C)cc3)cs2)cc1. The standard InChI is InChI=1S/C26H29N3O3S/c1-17-7-11-19(12-8-17)25(30)28-21-5-3-4-6-22(21)29-26(31)23-16-33-24(27-23)15-32-20-13-9-18(2)10-14-20/h7-14,16,21-22H,3-6,15H2,1-2H3,(H,28,30)(H,29,31). The van der Waals surface area contributed by atoms with Gasteiger partial charge in [-0.3, -0.25) is 9.59 Å². The zero-order valence-corrected chi connectivity index (χ0v) is 19.8. The van der Waals surface area contributed by atoms with Gasteiger partial charge in [0.15, 0.2) is 0 Å². The maximum Gasteiger partial charge on any atom is 0.271 e. The van der Waals surface area contributed by atoms with E-state index in [2.05, 4.69) is 15.6 Å². The normalized spacial score (nSPS) is 17.9. The van der Waals surface area contributed by atoms with Gasteiger partial charge in [-0.25, -0.2) is 4.98 Å². The second-order valence-corrected chi connectivity index (χ2v) is 9.48. The zero-order chi connectivity index (χ0) is 23.2. The maximum atomic E-state index is 12.9. The van der Waals surface area contributed by atoms with Crippen LogP contribution in [0.5, 0.6) is 5.75 Å². The largest absolute Gasteiger partial charge is 0.486 e. The average Bonchev–Trinajstić information content (AvgIpc) is 3.30. The molecule has 0 spiro atoms. The second-order valence-electron chi connectivity index (χ2n) is 8.54. The predicted molar refractivity (Wildman–Crippen MR) is 130 cm³/mol. The van der Waals surface area contributed by atoms with Gasteiger partial charge in [-0.1, -0.05) is 48.2 Å². The molecule has 1 aliphatic rings. The van der Waals surface area contributed by atoms with E-state index >= 15 is 0 Å². The van der Waals surface area contributed by atoms with E-state index in [0.717, 1.165) is 42.0 Å². The molecule has 6 nitrogen and oxygen atoms in total. The Balaban J connectivity index is 1.33. The summed E-state index contributed by atoms with van der Waals surface area (Å²) in [5, 5.41) is 8.71. The third-order valence-corrected chi connectivity index (χ3v) is 6.70. The van der Waals surface area contributed by atoms with Gasteiger partial charge >= 0.3 is 0 Å². The van der Waals surface area contributed by atoms with Crippen LogP contribution < -0.4 is 15.4 Å². The fraction of sp³-hybridized carbons (Fsp3) is 0.346. The van der Waals surface area contributed by atoms with E-state index in [1.165, 1.54) is 16.9 Å². The van der Waals surface area contributed by atoms with Gasteiger partial charge in [0.2, 0.25) is 0 Å². The number of thiazole rings is 1. The van der Waals surface area contributed by atoms with E-state index in [1.54, 1.807) is 5.38 Å². The highest BCUT2D eigenvalue weighted by Crippen LogP contribution is 2.21. The van der Waals surface area contributed by atoms with Crippen LogP contribution in [-0.2, 0) is 6.61 Å². The summed E-state index contributed by atoms with van der Waals surface area (Å²) in [5.41, 5.74) is 3.30. The lowest BCUT2D eigenvalue weighted by atomic mass is 9.90. The highest BCUT2D eigenvalue weighted by Gasteiger charge is 2.29. The number of rotatable bonds is 7. The van der Waals surface area contributed by atoms with Crippen molar-refractivity contribution in [2.45, 2.75) is 58.2 Å². The van der Waals surface area contributed by atoms with Crippen molar-refractivity contribution in [3.8, 4) is 5.75 Å². The molecule has 2 aromatic carbocycles. The number of ether oxygens (including phenoxy) is 1. The van der Waals surface area contributed by atoms with Crippen LogP contribution in [0, 0.1) is 13.8 Å². The van der Waals surface area contributed by atoms with Crippen LogP contribution in [0.25, 0.3) is 0 Å². The quantitative estimate of drug-likeness (QED) is 0.527. The Bertz CT molecular complexity index is 1090. The van der Waals surface area contributed by atoms with Crippen LogP contribution in [0.1, 0.15) is 62.7 Å². The van der Waals surface area contributed by atoms with Crippen LogP contribution in [0.2, 0.25) is 0 Å². The van der Waals surface area contributed by atoms with Crippen molar-refractivity contribution in [1.29, 1.82) is 0 Å². The summed E-state index contributed by atoms with van der Waals surface area (Å²) in [5.74, 6) is 0.454. The van der Waals surface area contributed by atoms with Crippen LogP contribution in [-0.4, -0.2) is 28.9 Å². The average molecular weight is 464 g/mol. The van der Waals surface area contributed by atoms with Crippen molar-refractivity contribution in [1.82, 2.24) is 15.6 Å².